The molecule has 0 heterocycles. The number of ketones is 1. The predicted molar refractivity (Wildman–Crippen MR) is 50.2 cm³/mol. The largest absolute Gasteiger partial charge is 0.294 e. The summed E-state index contributed by atoms with van der Waals surface area (Å²) in [6.07, 6.45) is 4.05. The molecular weight excluding hydrogens is 239 g/mol. The molecule has 1 aliphatic carbocycles. The van der Waals surface area contributed by atoms with Crippen LogP contribution < -0.4 is 0 Å². The van der Waals surface area contributed by atoms with Crippen LogP contribution in [0.25, 0.3) is 0 Å². The fraction of sp³-hybridized carbons (Fsp3) is 0.625. The Labute approximate surface area is 75.0 Å². The molecule has 10 heavy (non-hydrogen) atoms. The summed E-state index contributed by atoms with van der Waals surface area (Å²) >= 11 is 2.17. The van der Waals surface area contributed by atoms with Gasteiger partial charge in [0.1, 0.15) is 0 Å². The molecule has 0 aliphatic heterocycles. The van der Waals surface area contributed by atoms with Crippen LogP contribution in [-0.2, 0) is 4.79 Å². The van der Waals surface area contributed by atoms with Crippen LogP contribution in [0.1, 0.15) is 32.6 Å². The molecular formula is C8H11IO. The minimum absolute atomic E-state index is 0.351. The van der Waals surface area contributed by atoms with Gasteiger partial charge in [-0.25, -0.2) is 0 Å². The molecule has 0 atom stereocenters. The summed E-state index contributed by atoms with van der Waals surface area (Å²) in [5.41, 5.74) is 1.38. The minimum Gasteiger partial charge on any atom is -0.294 e. The number of carbonyl (C=O) groups excluding carboxylic acids is 1. The van der Waals surface area contributed by atoms with Crippen LogP contribution in [0.2, 0.25) is 0 Å². The summed E-state index contributed by atoms with van der Waals surface area (Å²) < 4.78 is 1.01. The predicted octanol–water partition coefficient (Wildman–Crippen LogP) is 2.84. The van der Waals surface area contributed by atoms with Gasteiger partial charge in [-0.3, -0.25) is 4.79 Å². The van der Waals surface area contributed by atoms with Crippen molar-refractivity contribution in [2.24, 2.45) is 0 Å². The van der Waals surface area contributed by atoms with Crippen molar-refractivity contribution in [1.29, 1.82) is 0 Å². The maximum Gasteiger partial charge on any atom is 0.169 e. The third-order valence-corrected chi connectivity index (χ3v) is 3.13. The quantitative estimate of drug-likeness (QED) is 0.688. The lowest BCUT2D eigenvalue weighted by Gasteiger charge is -1.95. The zero-order valence-corrected chi connectivity index (χ0v) is 8.27. The number of carbonyl (C=O) groups is 1. The van der Waals surface area contributed by atoms with Gasteiger partial charge in [0.05, 0.1) is 3.58 Å². The van der Waals surface area contributed by atoms with E-state index < -0.39 is 0 Å². The van der Waals surface area contributed by atoms with Gasteiger partial charge in [0.25, 0.3) is 0 Å². The summed E-state index contributed by atoms with van der Waals surface area (Å²) in [7, 11) is 0. The van der Waals surface area contributed by atoms with Gasteiger partial charge in [-0.1, -0.05) is 18.9 Å². The van der Waals surface area contributed by atoms with Gasteiger partial charge in [-0.05, 0) is 35.4 Å². The molecule has 56 valence electrons. The SMILES string of the molecule is CCCC1=C(I)C(=O)CC1. The van der Waals surface area contributed by atoms with Crippen LogP contribution in [0.3, 0.4) is 0 Å². The average molecular weight is 250 g/mol. The third kappa shape index (κ3) is 1.59. The van der Waals surface area contributed by atoms with Crippen molar-refractivity contribution in [2.45, 2.75) is 32.6 Å². The first-order valence-electron chi connectivity index (χ1n) is 3.66. The molecule has 0 bridgehead atoms. The van der Waals surface area contributed by atoms with Gasteiger partial charge in [0.15, 0.2) is 5.78 Å². The molecule has 2 heteroatoms. The van der Waals surface area contributed by atoms with Gasteiger partial charge in [-0.15, -0.1) is 0 Å². The number of rotatable bonds is 2. The zero-order valence-electron chi connectivity index (χ0n) is 6.11. The Morgan fingerprint density at radius 1 is 1.50 bits per heavy atom. The molecule has 0 aromatic heterocycles. The van der Waals surface area contributed by atoms with Crippen molar-refractivity contribution in [3.05, 3.63) is 9.15 Å². The van der Waals surface area contributed by atoms with Crippen LogP contribution in [0, 0.1) is 0 Å². The van der Waals surface area contributed by atoms with Crippen molar-refractivity contribution >= 4 is 28.4 Å². The molecule has 0 amide bonds. The van der Waals surface area contributed by atoms with Crippen molar-refractivity contribution in [1.82, 2.24) is 0 Å². The highest BCUT2D eigenvalue weighted by atomic mass is 127. The molecule has 1 rings (SSSR count). The van der Waals surface area contributed by atoms with E-state index in [4.69, 9.17) is 0 Å². The van der Waals surface area contributed by atoms with E-state index in [-0.39, 0.29) is 0 Å². The first-order chi connectivity index (χ1) is 4.75. The average Bonchev–Trinajstić information content (AvgIpc) is 2.20. The molecule has 0 aromatic rings. The van der Waals surface area contributed by atoms with Gasteiger partial charge in [-0.2, -0.15) is 0 Å². The summed E-state index contributed by atoms with van der Waals surface area (Å²) in [6.45, 7) is 2.15. The standard InChI is InChI=1S/C8H11IO/c1-2-3-6-4-5-7(10)8(6)9/h2-5H2,1H3. The van der Waals surface area contributed by atoms with E-state index in [9.17, 15) is 4.79 Å². The van der Waals surface area contributed by atoms with E-state index >= 15 is 0 Å². The Bertz CT molecular complexity index is 182. The second-order valence-electron chi connectivity index (χ2n) is 2.59. The lowest BCUT2D eigenvalue weighted by Crippen LogP contribution is -1.86. The maximum atomic E-state index is 11.0. The molecule has 0 unspecified atom stereocenters. The van der Waals surface area contributed by atoms with Gasteiger partial charge in [0, 0.05) is 6.42 Å². The lowest BCUT2D eigenvalue weighted by molar-refractivity contribution is -0.114. The Morgan fingerprint density at radius 3 is 2.60 bits per heavy atom. The second-order valence-corrected chi connectivity index (χ2v) is 3.67. The smallest absolute Gasteiger partial charge is 0.169 e. The van der Waals surface area contributed by atoms with Crippen molar-refractivity contribution in [2.75, 3.05) is 0 Å². The molecule has 0 saturated heterocycles. The molecule has 1 aliphatic rings. The highest BCUT2D eigenvalue weighted by Crippen LogP contribution is 2.30. The lowest BCUT2D eigenvalue weighted by atomic mass is 10.1. The third-order valence-electron chi connectivity index (χ3n) is 1.76. The summed E-state index contributed by atoms with van der Waals surface area (Å²) in [4.78, 5) is 11.0. The van der Waals surface area contributed by atoms with Crippen LogP contribution >= 0.6 is 22.6 Å². The van der Waals surface area contributed by atoms with Crippen molar-refractivity contribution < 1.29 is 4.79 Å². The highest BCUT2D eigenvalue weighted by Gasteiger charge is 2.18. The van der Waals surface area contributed by atoms with Crippen LogP contribution in [0.5, 0.6) is 0 Å². The van der Waals surface area contributed by atoms with E-state index in [1.807, 2.05) is 0 Å². The molecule has 0 saturated carbocycles. The van der Waals surface area contributed by atoms with Gasteiger partial charge < -0.3 is 0 Å². The first kappa shape index (κ1) is 8.24. The van der Waals surface area contributed by atoms with Crippen molar-refractivity contribution in [3.63, 3.8) is 0 Å². The minimum atomic E-state index is 0.351. The topological polar surface area (TPSA) is 17.1 Å². The summed E-state index contributed by atoms with van der Waals surface area (Å²) in [5, 5.41) is 0. The Morgan fingerprint density at radius 2 is 2.20 bits per heavy atom. The fourth-order valence-electron chi connectivity index (χ4n) is 1.22. The first-order valence-corrected chi connectivity index (χ1v) is 4.74. The van der Waals surface area contributed by atoms with Crippen LogP contribution in [0.4, 0.5) is 0 Å². The number of allylic oxidation sites excluding steroid dienone is 2. The summed E-state index contributed by atoms with van der Waals surface area (Å²) in [5.74, 6) is 0.351. The normalized spacial score (nSPS) is 18.8. The molecule has 0 N–H and O–H groups in total. The number of halogens is 1. The van der Waals surface area contributed by atoms with E-state index in [0.29, 0.717) is 5.78 Å². The second kappa shape index (κ2) is 3.51. The molecule has 1 nitrogen and oxygen atoms in total. The van der Waals surface area contributed by atoms with Crippen molar-refractivity contribution in [3.8, 4) is 0 Å². The molecule has 0 fully saturated rings. The highest BCUT2D eigenvalue weighted by molar-refractivity contribution is 14.1. The molecule has 0 spiro atoms. The monoisotopic (exact) mass is 250 g/mol. The van der Waals surface area contributed by atoms with Crippen LogP contribution in [-0.4, -0.2) is 5.78 Å². The molecule has 0 radical (unpaired) electrons. The molecule has 0 aromatic carbocycles. The Kier molecular flexibility index (Phi) is 2.89. The van der Waals surface area contributed by atoms with Gasteiger partial charge in [0.2, 0.25) is 0 Å². The summed E-state index contributed by atoms with van der Waals surface area (Å²) in [6, 6.07) is 0. The van der Waals surface area contributed by atoms with E-state index in [2.05, 4.69) is 29.5 Å². The maximum absolute atomic E-state index is 11.0. The zero-order chi connectivity index (χ0) is 7.56. The van der Waals surface area contributed by atoms with Gasteiger partial charge >= 0.3 is 0 Å². The van der Waals surface area contributed by atoms with E-state index in [0.717, 1.165) is 29.3 Å². The van der Waals surface area contributed by atoms with E-state index in [1.54, 1.807) is 0 Å². The Balaban J connectivity index is 2.65. The Hall–Kier alpha value is 0.140. The fourth-order valence-corrected chi connectivity index (χ4v) is 2.03. The van der Waals surface area contributed by atoms with Crippen LogP contribution in [0.15, 0.2) is 9.15 Å². The number of hydrogen-bond acceptors (Lipinski definition) is 1. The number of Topliss-reactive ketones (excluding diaryl/α,β-unsaturated/α-hetero) is 1. The number of hydrogen-bond donors (Lipinski definition) is 0. The van der Waals surface area contributed by atoms with E-state index in [1.165, 1.54) is 5.57 Å².